The van der Waals surface area contributed by atoms with E-state index in [4.69, 9.17) is 4.74 Å². The van der Waals surface area contributed by atoms with Crippen LogP contribution >= 0.6 is 11.3 Å². The molecule has 0 amide bonds. The predicted molar refractivity (Wildman–Crippen MR) is 96.4 cm³/mol. The standard InChI is InChI=1S/C19H19NO2S/c1-3-20(4-2)16-9-7-14(8-10-16)12-15-13-17(22-19(15)21)18-6-5-11-23-18/h5-13H,3-4H2,1-2H3/b15-12-. The van der Waals surface area contributed by atoms with E-state index in [9.17, 15) is 4.79 Å². The molecule has 0 N–H and O–H groups in total. The van der Waals surface area contributed by atoms with Crippen LogP contribution in [0.5, 0.6) is 0 Å². The highest BCUT2D eigenvalue weighted by molar-refractivity contribution is 7.11. The first-order valence-corrected chi connectivity index (χ1v) is 8.63. The van der Waals surface area contributed by atoms with Crippen LogP contribution in [0.25, 0.3) is 11.8 Å². The van der Waals surface area contributed by atoms with Gasteiger partial charge in [0.05, 0.1) is 10.5 Å². The van der Waals surface area contributed by atoms with Crippen molar-refractivity contribution in [1.82, 2.24) is 0 Å². The van der Waals surface area contributed by atoms with Crippen molar-refractivity contribution in [2.45, 2.75) is 13.8 Å². The lowest BCUT2D eigenvalue weighted by atomic mass is 10.1. The van der Waals surface area contributed by atoms with E-state index < -0.39 is 0 Å². The van der Waals surface area contributed by atoms with Gasteiger partial charge in [-0.2, -0.15) is 0 Å². The van der Waals surface area contributed by atoms with Crippen LogP contribution in [0.4, 0.5) is 5.69 Å². The van der Waals surface area contributed by atoms with Crippen molar-refractivity contribution in [2.75, 3.05) is 18.0 Å². The first-order chi connectivity index (χ1) is 11.2. The fourth-order valence-electron chi connectivity index (χ4n) is 2.58. The molecule has 0 bridgehead atoms. The van der Waals surface area contributed by atoms with Crippen LogP contribution in [0, 0.1) is 0 Å². The van der Waals surface area contributed by atoms with Crippen molar-refractivity contribution in [3.8, 4) is 0 Å². The summed E-state index contributed by atoms with van der Waals surface area (Å²) in [5, 5.41) is 1.97. The topological polar surface area (TPSA) is 29.5 Å². The van der Waals surface area contributed by atoms with Crippen molar-refractivity contribution in [3.63, 3.8) is 0 Å². The van der Waals surface area contributed by atoms with E-state index in [1.165, 1.54) is 5.69 Å². The van der Waals surface area contributed by atoms with Crippen LogP contribution in [0.2, 0.25) is 0 Å². The van der Waals surface area contributed by atoms with Crippen LogP contribution in [0.3, 0.4) is 0 Å². The fraction of sp³-hybridized carbons (Fsp3) is 0.211. The second-order valence-electron chi connectivity index (χ2n) is 5.24. The van der Waals surface area contributed by atoms with Crippen LogP contribution in [-0.4, -0.2) is 19.1 Å². The Morgan fingerprint density at radius 3 is 2.48 bits per heavy atom. The number of anilines is 1. The molecule has 2 heterocycles. The number of carbonyl (C=O) groups is 1. The predicted octanol–water partition coefficient (Wildman–Crippen LogP) is 4.58. The number of carbonyl (C=O) groups excluding carboxylic acids is 1. The van der Waals surface area contributed by atoms with Crippen LogP contribution in [-0.2, 0) is 9.53 Å². The van der Waals surface area contributed by atoms with Crippen molar-refractivity contribution < 1.29 is 9.53 Å². The maximum Gasteiger partial charge on any atom is 0.343 e. The molecule has 0 saturated heterocycles. The average molecular weight is 325 g/mol. The minimum Gasteiger partial charge on any atom is -0.421 e. The Kier molecular flexibility index (Phi) is 4.63. The minimum atomic E-state index is -0.291. The zero-order valence-electron chi connectivity index (χ0n) is 13.3. The molecule has 3 rings (SSSR count). The molecule has 1 aliphatic rings. The van der Waals surface area contributed by atoms with E-state index >= 15 is 0 Å². The van der Waals surface area contributed by atoms with E-state index in [-0.39, 0.29) is 5.97 Å². The molecule has 1 aliphatic heterocycles. The Bertz CT molecular complexity index is 738. The van der Waals surface area contributed by atoms with Crippen LogP contribution < -0.4 is 4.90 Å². The molecule has 0 spiro atoms. The normalized spacial score (nSPS) is 15.7. The highest BCUT2D eigenvalue weighted by Gasteiger charge is 2.22. The summed E-state index contributed by atoms with van der Waals surface area (Å²) in [6.45, 7) is 6.25. The van der Waals surface area contributed by atoms with Gasteiger partial charge in [0, 0.05) is 18.8 Å². The number of hydrogen-bond acceptors (Lipinski definition) is 4. The summed E-state index contributed by atoms with van der Waals surface area (Å²) in [5.41, 5.74) is 2.78. The summed E-state index contributed by atoms with van der Waals surface area (Å²) in [5.74, 6) is 0.345. The SMILES string of the molecule is CCN(CC)c1ccc(/C=C2/C=C(c3cccs3)OC2=O)cc1. The molecule has 0 atom stereocenters. The first kappa shape index (κ1) is 15.6. The van der Waals surface area contributed by atoms with Gasteiger partial charge in [0.2, 0.25) is 0 Å². The monoisotopic (exact) mass is 325 g/mol. The van der Waals surface area contributed by atoms with E-state index in [0.29, 0.717) is 11.3 Å². The Hall–Kier alpha value is -2.33. The fourth-order valence-corrected chi connectivity index (χ4v) is 3.26. The Labute approximate surface area is 140 Å². The molecule has 4 heteroatoms. The molecule has 0 fully saturated rings. The largest absolute Gasteiger partial charge is 0.421 e. The van der Waals surface area contributed by atoms with Crippen molar-refractivity contribution >= 4 is 34.8 Å². The third-order valence-electron chi connectivity index (χ3n) is 3.83. The highest BCUT2D eigenvalue weighted by atomic mass is 32.1. The molecule has 2 aromatic rings. The summed E-state index contributed by atoms with van der Waals surface area (Å²) in [6.07, 6.45) is 3.68. The van der Waals surface area contributed by atoms with Gasteiger partial charge in [0.25, 0.3) is 0 Å². The lowest BCUT2D eigenvalue weighted by Crippen LogP contribution is -2.21. The van der Waals surface area contributed by atoms with Crippen LogP contribution in [0.1, 0.15) is 24.3 Å². The summed E-state index contributed by atoms with van der Waals surface area (Å²) < 4.78 is 5.34. The van der Waals surface area contributed by atoms with Crippen molar-refractivity contribution in [1.29, 1.82) is 0 Å². The second-order valence-corrected chi connectivity index (χ2v) is 6.19. The molecule has 3 nitrogen and oxygen atoms in total. The molecular formula is C19H19NO2S. The lowest BCUT2D eigenvalue weighted by molar-refractivity contribution is -0.130. The van der Waals surface area contributed by atoms with Crippen molar-refractivity contribution in [2.24, 2.45) is 0 Å². The lowest BCUT2D eigenvalue weighted by Gasteiger charge is -2.20. The number of ether oxygens (including phenoxy) is 1. The van der Waals surface area contributed by atoms with Gasteiger partial charge < -0.3 is 9.64 Å². The molecule has 0 aliphatic carbocycles. The molecule has 0 unspecified atom stereocenters. The maximum absolute atomic E-state index is 12.0. The third-order valence-corrected chi connectivity index (χ3v) is 4.72. The number of hydrogen-bond donors (Lipinski definition) is 0. The number of rotatable bonds is 5. The van der Waals surface area contributed by atoms with Gasteiger partial charge in [0.15, 0.2) is 0 Å². The third kappa shape index (κ3) is 3.37. The minimum absolute atomic E-state index is 0.291. The van der Waals surface area contributed by atoms with Gasteiger partial charge in [-0.15, -0.1) is 11.3 Å². The second kappa shape index (κ2) is 6.84. The Balaban J connectivity index is 1.82. The van der Waals surface area contributed by atoms with Crippen molar-refractivity contribution in [3.05, 3.63) is 63.9 Å². The van der Waals surface area contributed by atoms with E-state index in [1.807, 2.05) is 41.8 Å². The Morgan fingerprint density at radius 2 is 1.87 bits per heavy atom. The highest BCUT2D eigenvalue weighted by Crippen LogP contribution is 2.30. The zero-order valence-corrected chi connectivity index (χ0v) is 14.1. The van der Waals surface area contributed by atoms with Gasteiger partial charge in [-0.3, -0.25) is 0 Å². The summed E-state index contributed by atoms with van der Waals surface area (Å²) >= 11 is 1.56. The molecule has 0 saturated carbocycles. The van der Waals surface area contributed by atoms with Gasteiger partial charge in [-0.1, -0.05) is 18.2 Å². The molecule has 23 heavy (non-hydrogen) atoms. The summed E-state index contributed by atoms with van der Waals surface area (Å²) in [6, 6.07) is 12.1. The van der Waals surface area contributed by atoms with E-state index in [0.717, 1.165) is 23.5 Å². The number of cyclic esters (lactones) is 1. The first-order valence-electron chi connectivity index (χ1n) is 7.75. The number of thiophene rings is 1. The van der Waals surface area contributed by atoms with Gasteiger partial charge in [-0.05, 0) is 55.1 Å². The van der Waals surface area contributed by atoms with Gasteiger partial charge in [-0.25, -0.2) is 4.79 Å². The van der Waals surface area contributed by atoms with Gasteiger partial charge >= 0.3 is 5.97 Å². The smallest absolute Gasteiger partial charge is 0.343 e. The zero-order chi connectivity index (χ0) is 16.2. The van der Waals surface area contributed by atoms with E-state index in [2.05, 4.69) is 30.9 Å². The summed E-state index contributed by atoms with van der Waals surface area (Å²) in [4.78, 5) is 15.3. The number of esters is 1. The number of benzene rings is 1. The summed E-state index contributed by atoms with van der Waals surface area (Å²) in [7, 11) is 0. The van der Waals surface area contributed by atoms with E-state index in [1.54, 1.807) is 11.3 Å². The maximum atomic E-state index is 12.0. The number of nitrogens with zero attached hydrogens (tertiary/aromatic N) is 1. The van der Waals surface area contributed by atoms with Gasteiger partial charge in [0.1, 0.15) is 5.76 Å². The quantitative estimate of drug-likeness (QED) is 0.595. The molecule has 118 valence electrons. The Morgan fingerprint density at radius 1 is 1.13 bits per heavy atom. The molecular weight excluding hydrogens is 306 g/mol. The molecule has 0 radical (unpaired) electrons. The molecule has 1 aromatic carbocycles. The average Bonchev–Trinajstić information content (AvgIpc) is 3.21. The van der Waals surface area contributed by atoms with Crippen LogP contribution in [0.15, 0.2) is 53.4 Å². The molecule has 1 aromatic heterocycles.